The number of morpholine rings is 2. The zero-order chi connectivity index (χ0) is 99.8. The molecular formula is C114H129F3N18O7. The number of carbonyl (C=O) groups excluding carboxylic acids is 5. The minimum atomic E-state index is -4.47. The highest BCUT2D eigenvalue weighted by atomic mass is 19.4. The third-order valence-corrected chi connectivity index (χ3v) is 25.1. The predicted molar refractivity (Wildman–Crippen MR) is 545 cm³/mol. The number of pyridine rings is 1. The summed E-state index contributed by atoms with van der Waals surface area (Å²) < 4.78 is 58.9. The molecule has 0 unspecified atom stereocenters. The molecule has 0 spiro atoms. The standard InChI is InChI=1S/C25H30N4O2.C24H28N4O2.C22H22F3N3O.C22H25N3O.C21H24N4O/c1-20-5-2-3-6-22(20)18-25(30)17-21-8-10-24(11-9-21)29-19-23(26-27-29)7-4-12-28-13-15-31-16-14-28;1-19-4-2-3-5-21(19)17-24(29)16-20-6-8-23(9-7-20)28-18-22(25-26-28)10-11-27-12-14-30-15-13-27;1-2-3-7-18-15-28(27-26-18)19-11-9-16(10-12-19)13-20(29)14-17-6-4-5-8-21(17)22(23,24)25;1-3-4-9-20-16-25(24-23-20)21-12-10-18(11-13-21)14-22(26)15-19-8-6-5-7-17(19)2;1-3-4-5-19-15-25(24-23-19)20-8-6-17(7-9-20)12-21(26)13-18-14-22-11-10-16(18)2/h2-3,5-6,8-11,19H,4,7,12-18H2,1H3;2-9,18H,10-17H2,1H3;4-6,8-12,15H,2-3,7,13-14H2,1H3;5-8,10-13,16H,3-4,9,14-15H2,1-2H3;6-11,14-15H,3-5,12-13H2,1-2H3. The Morgan fingerprint density at radius 1 is 0.296 bits per heavy atom. The molecule has 17 rings (SSSR count). The van der Waals surface area contributed by atoms with Crippen LogP contribution in [0, 0.1) is 27.7 Å². The van der Waals surface area contributed by atoms with E-state index < -0.39 is 11.7 Å². The van der Waals surface area contributed by atoms with Crippen LogP contribution in [0.25, 0.3) is 28.4 Å². The Kier molecular flexibility index (Phi) is 40.4. The van der Waals surface area contributed by atoms with Gasteiger partial charge in [0.25, 0.3) is 0 Å². The summed E-state index contributed by atoms with van der Waals surface area (Å²) >= 11 is 0. The zero-order valence-corrected chi connectivity index (χ0v) is 82.6. The van der Waals surface area contributed by atoms with E-state index in [4.69, 9.17) is 9.47 Å². The van der Waals surface area contributed by atoms with Crippen molar-refractivity contribution in [3.63, 3.8) is 0 Å². The fourth-order valence-corrected chi connectivity index (χ4v) is 16.6. The number of carbonyl (C=O) groups is 5. The van der Waals surface area contributed by atoms with Crippen molar-refractivity contribution in [2.75, 3.05) is 65.7 Å². The number of alkyl halides is 3. The van der Waals surface area contributed by atoms with E-state index in [1.807, 2.05) is 251 Å². The molecule has 2 aliphatic heterocycles. The van der Waals surface area contributed by atoms with Gasteiger partial charge >= 0.3 is 6.18 Å². The number of hydrogen-bond donors (Lipinski definition) is 0. The van der Waals surface area contributed by atoms with Crippen LogP contribution in [0.2, 0.25) is 0 Å². The van der Waals surface area contributed by atoms with E-state index >= 15 is 0 Å². The molecule has 0 aliphatic carbocycles. The van der Waals surface area contributed by atoms with Crippen LogP contribution >= 0.6 is 0 Å². The summed E-state index contributed by atoms with van der Waals surface area (Å²) in [5.74, 6) is 0.608. The molecule has 6 aromatic heterocycles. The fourth-order valence-electron chi connectivity index (χ4n) is 16.6. The van der Waals surface area contributed by atoms with Gasteiger partial charge in [-0.1, -0.05) is 218 Å². The van der Waals surface area contributed by atoms with Crippen LogP contribution in [0.3, 0.4) is 0 Å². The number of ketones is 5. The number of aryl methyl sites for hydroxylation is 8. The van der Waals surface area contributed by atoms with Gasteiger partial charge in [-0.3, -0.25) is 38.8 Å². The quantitative estimate of drug-likeness (QED) is 0.0344. The highest BCUT2D eigenvalue weighted by Gasteiger charge is 2.33. The second-order valence-corrected chi connectivity index (χ2v) is 36.4. The van der Waals surface area contributed by atoms with Gasteiger partial charge in [-0.15, -0.1) is 25.5 Å². The van der Waals surface area contributed by atoms with Gasteiger partial charge in [0.2, 0.25) is 0 Å². The number of Topliss-reactive ketones (excluding diaryl/α,β-unsaturated/α-hetero) is 5. The molecule has 0 bridgehead atoms. The van der Waals surface area contributed by atoms with Crippen LogP contribution in [-0.2, 0) is 136 Å². The fraction of sp³-hybridized carbons (Fsp3) is 0.351. The first-order chi connectivity index (χ1) is 69.0. The molecule has 0 amide bonds. The lowest BCUT2D eigenvalue weighted by Crippen LogP contribution is -2.37. The SMILES string of the molecule is CCCCc1cn(-c2ccc(CC(=O)Cc3ccccc3C(F)(F)F)cc2)nn1.CCCCc1cn(-c2ccc(CC(=O)Cc3ccccc3C)cc2)nn1.CCCCc1cn(-c2ccc(CC(=O)Cc3cnccc3C)cc2)nn1.Cc1ccccc1CC(=O)Cc1ccc(-n2cc(CCCN3CCOCC3)nn2)cc1.Cc1ccccc1CC(=O)Cc1ccc(-n2cc(CCN3CCOCC3)nn2)cc1. The van der Waals surface area contributed by atoms with Crippen molar-refractivity contribution in [1.82, 2.24) is 89.8 Å². The predicted octanol–water partition coefficient (Wildman–Crippen LogP) is 18.9. The molecule has 0 N–H and O–H groups in total. The highest BCUT2D eigenvalue weighted by Crippen LogP contribution is 2.33. The first kappa shape index (κ1) is 105. The second-order valence-electron chi connectivity index (χ2n) is 36.4. The van der Waals surface area contributed by atoms with E-state index in [2.05, 4.69) is 87.1 Å². The molecule has 15 aromatic rings. The molecule has 0 radical (unpaired) electrons. The molecule has 2 saturated heterocycles. The Labute approximate surface area is 830 Å². The maximum Gasteiger partial charge on any atom is 0.416 e. The van der Waals surface area contributed by atoms with Crippen LogP contribution in [0.15, 0.2) is 268 Å². The highest BCUT2D eigenvalue weighted by molar-refractivity contribution is 5.86. The van der Waals surface area contributed by atoms with Crippen molar-refractivity contribution in [1.29, 1.82) is 0 Å². The second kappa shape index (κ2) is 54.6. The molecule has 0 atom stereocenters. The molecular weight excluding hydrogens is 1790 g/mol. The van der Waals surface area contributed by atoms with Gasteiger partial charge in [0.05, 0.1) is 120 Å². The van der Waals surface area contributed by atoms with E-state index in [1.54, 1.807) is 43.3 Å². The minimum Gasteiger partial charge on any atom is -0.379 e. The summed E-state index contributed by atoms with van der Waals surface area (Å²) in [6.45, 7) is 24.0. The third-order valence-electron chi connectivity index (χ3n) is 25.1. The molecule has 2 aliphatic rings. The lowest BCUT2D eigenvalue weighted by molar-refractivity contribution is -0.138. The van der Waals surface area contributed by atoms with Crippen LogP contribution < -0.4 is 0 Å². The van der Waals surface area contributed by atoms with Crippen LogP contribution in [0.1, 0.15) is 178 Å². The van der Waals surface area contributed by atoms with Crippen molar-refractivity contribution in [2.24, 2.45) is 0 Å². The van der Waals surface area contributed by atoms with Crippen molar-refractivity contribution >= 4 is 28.9 Å². The van der Waals surface area contributed by atoms with Crippen LogP contribution in [0.4, 0.5) is 13.2 Å². The molecule has 8 heterocycles. The largest absolute Gasteiger partial charge is 0.416 e. The van der Waals surface area contributed by atoms with Gasteiger partial charge in [0.15, 0.2) is 0 Å². The van der Waals surface area contributed by atoms with Gasteiger partial charge in [-0.05, 0) is 236 Å². The van der Waals surface area contributed by atoms with Gasteiger partial charge in [0.1, 0.15) is 28.9 Å². The van der Waals surface area contributed by atoms with E-state index in [0.717, 1.165) is 272 Å². The number of nitrogens with zero attached hydrogens (tertiary/aromatic N) is 18. The third kappa shape index (κ3) is 33.8. The zero-order valence-electron chi connectivity index (χ0n) is 82.6. The Morgan fingerprint density at radius 2 is 0.556 bits per heavy atom. The van der Waals surface area contributed by atoms with E-state index in [9.17, 15) is 37.1 Å². The van der Waals surface area contributed by atoms with Gasteiger partial charge in [-0.2, -0.15) is 13.2 Å². The van der Waals surface area contributed by atoms with E-state index in [-0.39, 0.29) is 47.3 Å². The molecule has 738 valence electrons. The maximum absolute atomic E-state index is 13.1. The van der Waals surface area contributed by atoms with Crippen molar-refractivity contribution in [3.05, 3.63) is 380 Å². The lowest BCUT2D eigenvalue weighted by atomic mass is 9.98. The number of benzene rings is 9. The molecule has 9 aromatic carbocycles. The summed E-state index contributed by atoms with van der Waals surface area (Å²) in [6.07, 6.45) is 24.7. The summed E-state index contributed by atoms with van der Waals surface area (Å²) in [4.78, 5) is 70.9. The molecule has 142 heavy (non-hydrogen) atoms. The number of aromatic nitrogens is 16. The first-order valence-corrected chi connectivity index (χ1v) is 49.4. The topological polar surface area (TPSA) is 277 Å². The first-order valence-electron chi connectivity index (χ1n) is 49.4. The van der Waals surface area contributed by atoms with Crippen molar-refractivity contribution < 1.29 is 46.6 Å². The summed E-state index contributed by atoms with van der Waals surface area (Å²) in [5.41, 5.74) is 22.6. The maximum atomic E-state index is 13.1. The monoisotopic (exact) mass is 1920 g/mol. The van der Waals surface area contributed by atoms with Crippen molar-refractivity contribution in [2.45, 2.75) is 196 Å². The number of halogens is 3. The summed E-state index contributed by atoms with van der Waals surface area (Å²) in [7, 11) is 0. The Morgan fingerprint density at radius 3 is 0.852 bits per heavy atom. The normalized spacial score (nSPS) is 12.6. The number of unbranched alkanes of at least 4 members (excludes halogenated alkanes) is 3. The summed E-state index contributed by atoms with van der Waals surface area (Å²) in [5, 5.41) is 42.2. The van der Waals surface area contributed by atoms with E-state index in [0.29, 0.717) is 51.4 Å². The molecule has 25 nitrogen and oxygen atoms in total. The van der Waals surface area contributed by atoms with Crippen molar-refractivity contribution in [3.8, 4) is 28.4 Å². The Hall–Kier alpha value is -14.2. The number of hydrogen-bond acceptors (Lipinski definition) is 20. The molecule has 28 heteroatoms. The summed E-state index contributed by atoms with van der Waals surface area (Å²) in [6, 6.07) is 70.5. The van der Waals surface area contributed by atoms with Crippen LogP contribution in [-0.4, -0.2) is 184 Å². The molecule has 0 saturated carbocycles. The van der Waals surface area contributed by atoms with Gasteiger partial charge in [-0.25, -0.2) is 23.4 Å². The minimum absolute atomic E-state index is 0.00356. The Bertz CT molecular complexity index is 6330. The van der Waals surface area contributed by atoms with Gasteiger partial charge in [0, 0.05) is 116 Å². The lowest BCUT2D eigenvalue weighted by Gasteiger charge is -2.26. The van der Waals surface area contributed by atoms with Gasteiger partial charge < -0.3 is 9.47 Å². The van der Waals surface area contributed by atoms with Crippen LogP contribution in [0.5, 0.6) is 0 Å². The number of rotatable bonds is 41. The average molecular weight is 1920 g/mol. The average Bonchev–Trinajstić information content (AvgIpc) is 1.19. The van der Waals surface area contributed by atoms with E-state index in [1.165, 1.54) is 23.8 Å². The number of ether oxygens (including phenoxy) is 2. The Balaban J connectivity index is 0.000000149. The smallest absolute Gasteiger partial charge is 0.379 e. The molecule has 2 fully saturated rings.